The Morgan fingerprint density at radius 2 is 1.81 bits per heavy atom. The van der Waals surface area contributed by atoms with Crippen molar-refractivity contribution in [2.75, 3.05) is 39.3 Å². The standard InChI is InChI=1S/C38H42ClF3N6O5/c39-31-21-48(28-8-2-1-3-9-28)19-27(31)18-46-13-14-47(32(22-46)37(52)44-24-38(40,41)42)20-29(49)16-26(15-25-7-6-12-43-17-25)36(51)45-35-30-10-4-5-11-34(30)53-23-33(35)50/h1-12,17,19,21,26,29,32-33,35,49-50H,13-16,18,20,22-24H2,(H,44,52)(H,45,51)/t26-,29+,32+,33-,35+/m1/s1. The summed E-state index contributed by atoms with van der Waals surface area (Å²) in [7, 11) is 0. The van der Waals surface area contributed by atoms with Crippen LogP contribution >= 0.6 is 11.6 Å². The van der Waals surface area contributed by atoms with Gasteiger partial charge in [-0.25, -0.2) is 0 Å². The molecule has 0 radical (unpaired) electrons. The zero-order chi connectivity index (χ0) is 37.5. The first kappa shape index (κ1) is 38.3. The zero-order valence-electron chi connectivity index (χ0n) is 28.8. The van der Waals surface area contributed by atoms with Gasteiger partial charge >= 0.3 is 6.18 Å². The minimum absolute atomic E-state index is 0.00726. The van der Waals surface area contributed by atoms with Gasteiger partial charge in [-0.3, -0.25) is 24.4 Å². The fourth-order valence-corrected chi connectivity index (χ4v) is 7.14. The van der Waals surface area contributed by atoms with E-state index in [1.165, 1.54) is 0 Å². The Morgan fingerprint density at radius 3 is 2.57 bits per heavy atom. The molecule has 53 heavy (non-hydrogen) atoms. The summed E-state index contributed by atoms with van der Waals surface area (Å²) in [5.41, 5.74) is 3.09. The normalized spacial score (nSPS) is 20.5. The molecule has 0 bridgehead atoms. The molecule has 4 aromatic rings. The molecule has 282 valence electrons. The molecule has 2 aromatic carbocycles. The Balaban J connectivity index is 1.16. The lowest BCUT2D eigenvalue weighted by atomic mass is 9.91. The van der Waals surface area contributed by atoms with E-state index in [2.05, 4.69) is 10.3 Å². The fourth-order valence-electron chi connectivity index (χ4n) is 6.92. The van der Waals surface area contributed by atoms with Gasteiger partial charge in [0.25, 0.3) is 0 Å². The van der Waals surface area contributed by atoms with Crippen LogP contribution in [0.4, 0.5) is 13.2 Å². The molecule has 2 amide bonds. The van der Waals surface area contributed by atoms with E-state index in [1.807, 2.05) is 57.4 Å². The van der Waals surface area contributed by atoms with Gasteiger partial charge in [0.2, 0.25) is 11.8 Å². The topological polar surface area (TPSA) is 132 Å². The Bertz CT molecular complexity index is 1830. The van der Waals surface area contributed by atoms with Crippen molar-refractivity contribution < 1.29 is 37.7 Å². The van der Waals surface area contributed by atoms with Crippen molar-refractivity contribution in [2.45, 2.75) is 49.9 Å². The van der Waals surface area contributed by atoms with Crippen molar-refractivity contribution in [1.29, 1.82) is 0 Å². The van der Waals surface area contributed by atoms with Gasteiger partial charge in [0.05, 0.1) is 17.2 Å². The Morgan fingerprint density at radius 1 is 1.04 bits per heavy atom. The molecule has 4 N–H and O–H groups in total. The maximum atomic E-state index is 13.9. The monoisotopic (exact) mass is 754 g/mol. The van der Waals surface area contributed by atoms with E-state index in [4.69, 9.17) is 16.3 Å². The maximum absolute atomic E-state index is 13.9. The van der Waals surface area contributed by atoms with Crippen molar-refractivity contribution in [2.24, 2.45) is 5.92 Å². The number of aliphatic hydroxyl groups excluding tert-OH is 2. The van der Waals surface area contributed by atoms with Gasteiger partial charge in [-0.05, 0) is 42.7 Å². The number of benzene rings is 2. The number of β-amino-alcohol motifs (C(OH)–C–C–N with tert-alkyl or cyclic N) is 1. The van der Waals surface area contributed by atoms with Crippen LogP contribution in [-0.2, 0) is 22.6 Å². The second-order valence-electron chi connectivity index (χ2n) is 13.5. The largest absolute Gasteiger partial charge is 0.490 e. The molecule has 4 heterocycles. The first-order valence-electron chi connectivity index (χ1n) is 17.4. The lowest BCUT2D eigenvalue weighted by Crippen LogP contribution is -2.60. The first-order valence-corrected chi connectivity index (χ1v) is 17.8. The predicted molar refractivity (Wildman–Crippen MR) is 191 cm³/mol. The molecular weight excluding hydrogens is 713 g/mol. The number of alkyl halides is 3. The van der Waals surface area contributed by atoms with E-state index in [9.17, 15) is 33.0 Å². The van der Waals surface area contributed by atoms with Crippen molar-refractivity contribution >= 4 is 23.4 Å². The van der Waals surface area contributed by atoms with Gasteiger partial charge in [0.1, 0.15) is 31.0 Å². The van der Waals surface area contributed by atoms with Gasteiger partial charge in [-0.15, -0.1) is 0 Å². The van der Waals surface area contributed by atoms with Crippen LogP contribution in [0.2, 0.25) is 5.02 Å². The van der Waals surface area contributed by atoms with E-state index in [-0.39, 0.29) is 39.1 Å². The summed E-state index contributed by atoms with van der Waals surface area (Å²) in [6.07, 6.45) is 0.374. The lowest BCUT2D eigenvalue weighted by Gasteiger charge is -2.41. The molecular formula is C38H42ClF3N6O5. The number of aromatic nitrogens is 2. The number of piperazine rings is 1. The summed E-state index contributed by atoms with van der Waals surface area (Å²) in [6.45, 7) is -0.406. The van der Waals surface area contributed by atoms with Gasteiger partial charge in [0.15, 0.2) is 0 Å². The van der Waals surface area contributed by atoms with E-state index in [0.29, 0.717) is 29.4 Å². The number of aliphatic hydroxyl groups is 2. The molecule has 5 atom stereocenters. The van der Waals surface area contributed by atoms with Crippen LogP contribution in [-0.4, -0.2) is 105 Å². The number of nitrogens with zero attached hydrogens (tertiary/aromatic N) is 4. The van der Waals surface area contributed by atoms with E-state index < -0.39 is 54.7 Å². The highest BCUT2D eigenvalue weighted by Gasteiger charge is 2.38. The predicted octanol–water partition coefficient (Wildman–Crippen LogP) is 3.91. The van der Waals surface area contributed by atoms with Crippen molar-refractivity contribution in [3.63, 3.8) is 0 Å². The number of amides is 2. The Kier molecular flexibility index (Phi) is 12.4. The van der Waals surface area contributed by atoms with Crippen LogP contribution in [0.5, 0.6) is 5.75 Å². The number of hydrogen-bond acceptors (Lipinski definition) is 8. The van der Waals surface area contributed by atoms with E-state index in [1.54, 1.807) is 53.8 Å². The molecule has 1 fully saturated rings. The third-order valence-corrected chi connectivity index (χ3v) is 9.91. The number of carbonyl (C=O) groups is 2. The Labute approximate surface area is 310 Å². The number of halogens is 4. The van der Waals surface area contributed by atoms with Crippen LogP contribution in [0.25, 0.3) is 5.69 Å². The molecule has 2 aliphatic rings. The van der Waals surface area contributed by atoms with Crippen molar-refractivity contribution in [1.82, 2.24) is 30.0 Å². The smallest absolute Gasteiger partial charge is 0.405 e. The SMILES string of the molecule is O=C(N[C@H]1c2ccccc2OC[C@H]1O)[C@H](Cc1cccnc1)C[C@H](O)CN1CCN(Cc2cn(-c3ccccc3)cc2Cl)C[C@H]1C(=O)NCC(F)(F)F. The Hall–Kier alpha value is -4.47. The highest BCUT2D eigenvalue weighted by Crippen LogP contribution is 2.33. The highest BCUT2D eigenvalue weighted by molar-refractivity contribution is 6.31. The summed E-state index contributed by atoms with van der Waals surface area (Å²) in [5, 5.41) is 27.7. The van der Waals surface area contributed by atoms with Gasteiger partial charge in [-0.1, -0.05) is 54.1 Å². The number of fused-ring (bicyclic) bond motifs is 1. The van der Waals surface area contributed by atoms with Crippen LogP contribution in [0.15, 0.2) is 91.5 Å². The van der Waals surface area contributed by atoms with Gasteiger partial charge in [-0.2, -0.15) is 13.2 Å². The summed E-state index contributed by atoms with van der Waals surface area (Å²) >= 11 is 6.58. The zero-order valence-corrected chi connectivity index (χ0v) is 29.6. The minimum atomic E-state index is -4.60. The third-order valence-electron chi connectivity index (χ3n) is 9.57. The number of carbonyl (C=O) groups excluding carboxylic acids is 2. The summed E-state index contributed by atoms with van der Waals surface area (Å²) in [5.74, 6) is -1.44. The third kappa shape index (κ3) is 10.1. The summed E-state index contributed by atoms with van der Waals surface area (Å²) in [6, 6.07) is 18.5. The van der Waals surface area contributed by atoms with Gasteiger partial charge in [0, 0.05) is 80.2 Å². The summed E-state index contributed by atoms with van der Waals surface area (Å²) in [4.78, 5) is 35.0. The molecule has 11 nitrogen and oxygen atoms in total. The first-order chi connectivity index (χ1) is 25.4. The molecule has 2 aromatic heterocycles. The van der Waals surface area contributed by atoms with Crippen LogP contribution < -0.4 is 15.4 Å². The lowest BCUT2D eigenvalue weighted by molar-refractivity contribution is -0.143. The molecule has 1 saturated heterocycles. The minimum Gasteiger partial charge on any atom is -0.490 e. The molecule has 0 unspecified atom stereocenters. The molecule has 15 heteroatoms. The molecule has 6 rings (SSSR count). The van der Waals surface area contributed by atoms with Crippen LogP contribution in [0, 0.1) is 5.92 Å². The number of ether oxygens (including phenoxy) is 1. The van der Waals surface area contributed by atoms with Crippen molar-refractivity contribution in [3.05, 3.63) is 113 Å². The summed E-state index contributed by atoms with van der Waals surface area (Å²) < 4.78 is 47.0. The number of pyridine rings is 1. The van der Waals surface area contributed by atoms with E-state index in [0.717, 1.165) is 16.8 Å². The average molecular weight is 755 g/mol. The highest BCUT2D eigenvalue weighted by atomic mass is 35.5. The molecule has 0 spiro atoms. The number of para-hydroxylation sites is 2. The molecule has 0 aliphatic carbocycles. The van der Waals surface area contributed by atoms with Gasteiger partial charge < -0.3 is 30.2 Å². The number of nitrogens with one attached hydrogen (secondary N) is 2. The van der Waals surface area contributed by atoms with Crippen LogP contribution in [0.1, 0.15) is 29.2 Å². The van der Waals surface area contributed by atoms with Crippen molar-refractivity contribution in [3.8, 4) is 11.4 Å². The quantitative estimate of drug-likeness (QED) is 0.162. The van der Waals surface area contributed by atoms with Crippen LogP contribution in [0.3, 0.4) is 0 Å². The molecule has 0 saturated carbocycles. The van der Waals surface area contributed by atoms with E-state index >= 15 is 0 Å². The fraction of sp³-hybridized carbons (Fsp3) is 0.395. The number of rotatable bonds is 13. The molecule has 2 aliphatic heterocycles. The second kappa shape index (κ2) is 17.1. The second-order valence-corrected chi connectivity index (χ2v) is 13.9. The maximum Gasteiger partial charge on any atom is 0.405 e. The average Bonchev–Trinajstić information content (AvgIpc) is 3.51. The number of hydrogen-bond donors (Lipinski definition) is 4.